The van der Waals surface area contributed by atoms with Crippen LogP contribution in [0.5, 0.6) is 0 Å². The monoisotopic (exact) mass is 387 g/mol. The molecule has 0 aliphatic heterocycles. The van der Waals surface area contributed by atoms with E-state index >= 15 is 0 Å². The van der Waals surface area contributed by atoms with E-state index in [1.165, 1.54) is 0 Å². The molecule has 0 fully saturated rings. The maximum atomic E-state index is 12.6. The number of benzene rings is 2. The number of hydrogen-bond donors (Lipinski definition) is 3. The minimum Gasteiger partial charge on any atom is -0.399 e. The number of halogens is 1. The second-order valence-electron chi connectivity index (χ2n) is 6.95. The zero-order chi connectivity index (χ0) is 19.8. The number of anilines is 1. The normalized spacial score (nSPS) is 11.9. The van der Waals surface area contributed by atoms with Gasteiger partial charge in [0.2, 0.25) is 5.91 Å². The average Bonchev–Trinajstić information content (AvgIpc) is 2.63. The van der Waals surface area contributed by atoms with Gasteiger partial charge in [-0.2, -0.15) is 0 Å². The minimum atomic E-state index is -0.584. The first-order valence-corrected chi connectivity index (χ1v) is 9.41. The number of carbonyl (C=O) groups excluding carboxylic acids is 2. The Kier molecular flexibility index (Phi) is 7.67. The fraction of sp³-hybridized carbons (Fsp3) is 0.333. The van der Waals surface area contributed by atoms with E-state index in [9.17, 15) is 9.59 Å². The molecular formula is C21H26ClN3O2. The summed E-state index contributed by atoms with van der Waals surface area (Å²) >= 11 is 5.85. The van der Waals surface area contributed by atoms with Crippen molar-refractivity contribution in [2.45, 2.75) is 32.7 Å². The van der Waals surface area contributed by atoms with Crippen LogP contribution in [0.4, 0.5) is 5.69 Å². The van der Waals surface area contributed by atoms with Gasteiger partial charge in [-0.3, -0.25) is 9.59 Å². The van der Waals surface area contributed by atoms with E-state index in [-0.39, 0.29) is 17.7 Å². The minimum absolute atomic E-state index is 0.179. The van der Waals surface area contributed by atoms with Crippen LogP contribution < -0.4 is 16.4 Å². The molecule has 4 N–H and O–H groups in total. The van der Waals surface area contributed by atoms with Gasteiger partial charge in [0, 0.05) is 22.8 Å². The van der Waals surface area contributed by atoms with Crippen molar-refractivity contribution in [3.8, 4) is 0 Å². The van der Waals surface area contributed by atoms with Crippen LogP contribution in [0.1, 0.15) is 36.2 Å². The second kappa shape index (κ2) is 9.97. The van der Waals surface area contributed by atoms with Crippen LogP contribution in [0.25, 0.3) is 0 Å². The fourth-order valence-corrected chi connectivity index (χ4v) is 2.81. The van der Waals surface area contributed by atoms with Gasteiger partial charge in [0.1, 0.15) is 6.04 Å². The first-order chi connectivity index (χ1) is 12.8. The van der Waals surface area contributed by atoms with E-state index in [0.29, 0.717) is 35.7 Å². The summed E-state index contributed by atoms with van der Waals surface area (Å²) < 4.78 is 0. The molecule has 0 radical (unpaired) electrons. The van der Waals surface area contributed by atoms with E-state index in [1.54, 1.807) is 24.3 Å². The third kappa shape index (κ3) is 6.94. The highest BCUT2D eigenvalue weighted by Gasteiger charge is 2.22. The number of rotatable bonds is 8. The predicted molar refractivity (Wildman–Crippen MR) is 110 cm³/mol. The molecule has 27 heavy (non-hydrogen) atoms. The lowest BCUT2D eigenvalue weighted by Crippen LogP contribution is -2.47. The van der Waals surface area contributed by atoms with Crippen molar-refractivity contribution in [3.63, 3.8) is 0 Å². The van der Waals surface area contributed by atoms with Gasteiger partial charge in [0.05, 0.1) is 0 Å². The van der Waals surface area contributed by atoms with E-state index in [2.05, 4.69) is 10.6 Å². The van der Waals surface area contributed by atoms with Crippen molar-refractivity contribution in [3.05, 3.63) is 64.7 Å². The molecule has 1 unspecified atom stereocenters. The highest BCUT2D eigenvalue weighted by molar-refractivity contribution is 6.30. The van der Waals surface area contributed by atoms with Gasteiger partial charge >= 0.3 is 0 Å². The van der Waals surface area contributed by atoms with Gasteiger partial charge in [-0.1, -0.05) is 37.6 Å². The molecule has 0 aliphatic rings. The molecule has 0 saturated heterocycles. The third-order valence-electron chi connectivity index (χ3n) is 4.13. The number of nitrogens with two attached hydrogens (primary N) is 1. The largest absolute Gasteiger partial charge is 0.399 e. The molecule has 0 spiro atoms. The van der Waals surface area contributed by atoms with Crippen molar-refractivity contribution in [2.75, 3.05) is 12.3 Å². The van der Waals surface area contributed by atoms with Crippen molar-refractivity contribution in [1.82, 2.24) is 10.6 Å². The molecule has 2 rings (SSSR count). The topological polar surface area (TPSA) is 84.2 Å². The molecule has 5 nitrogen and oxygen atoms in total. The van der Waals surface area contributed by atoms with Crippen LogP contribution in [-0.2, 0) is 11.2 Å². The highest BCUT2D eigenvalue weighted by atomic mass is 35.5. The Morgan fingerprint density at radius 1 is 1.04 bits per heavy atom. The number of nitrogen functional groups attached to an aromatic ring is 1. The van der Waals surface area contributed by atoms with Crippen LogP contribution >= 0.6 is 11.6 Å². The van der Waals surface area contributed by atoms with E-state index in [0.717, 1.165) is 5.56 Å². The molecule has 0 aliphatic carbocycles. The summed E-state index contributed by atoms with van der Waals surface area (Å²) in [7, 11) is 0. The van der Waals surface area contributed by atoms with Crippen molar-refractivity contribution in [1.29, 1.82) is 0 Å². The standard InChI is InChI=1S/C21H26ClN3O2/c1-14(2)13-19(25-20(26)16-5-7-17(22)8-6-16)21(27)24-12-11-15-3-9-18(23)10-4-15/h3-10,14,19H,11-13,23H2,1-2H3,(H,24,27)(H,25,26). The Bertz CT molecular complexity index is 758. The maximum absolute atomic E-state index is 12.6. The Morgan fingerprint density at radius 2 is 1.67 bits per heavy atom. The van der Waals surface area contributed by atoms with E-state index < -0.39 is 6.04 Å². The lowest BCUT2D eigenvalue weighted by Gasteiger charge is -2.20. The van der Waals surface area contributed by atoms with Crippen molar-refractivity contribution < 1.29 is 9.59 Å². The zero-order valence-corrected chi connectivity index (χ0v) is 16.4. The molecular weight excluding hydrogens is 362 g/mol. The summed E-state index contributed by atoms with van der Waals surface area (Å²) in [5.74, 6) is -0.198. The molecule has 2 aromatic rings. The molecule has 0 aromatic heterocycles. The Morgan fingerprint density at radius 3 is 2.26 bits per heavy atom. The van der Waals surface area contributed by atoms with Gasteiger partial charge in [0.25, 0.3) is 5.91 Å². The Balaban J connectivity index is 1.93. The summed E-state index contributed by atoms with van der Waals surface area (Å²) in [5.41, 5.74) is 7.96. The number of hydrogen-bond acceptors (Lipinski definition) is 3. The molecule has 0 bridgehead atoms. The number of carbonyl (C=O) groups is 2. The number of amides is 2. The van der Waals surface area contributed by atoms with Crippen LogP contribution in [0.2, 0.25) is 5.02 Å². The van der Waals surface area contributed by atoms with Gasteiger partial charge in [-0.05, 0) is 60.7 Å². The summed E-state index contributed by atoms with van der Waals surface area (Å²) in [6, 6.07) is 13.6. The van der Waals surface area contributed by atoms with Gasteiger partial charge in [-0.15, -0.1) is 0 Å². The van der Waals surface area contributed by atoms with Crippen molar-refractivity contribution >= 4 is 29.1 Å². The first-order valence-electron chi connectivity index (χ1n) is 9.03. The van der Waals surface area contributed by atoms with Crippen molar-refractivity contribution in [2.24, 2.45) is 5.92 Å². The molecule has 2 amide bonds. The van der Waals surface area contributed by atoms with E-state index in [4.69, 9.17) is 17.3 Å². The van der Waals surface area contributed by atoms with Gasteiger partial charge < -0.3 is 16.4 Å². The molecule has 144 valence electrons. The van der Waals surface area contributed by atoms with Gasteiger partial charge in [-0.25, -0.2) is 0 Å². The smallest absolute Gasteiger partial charge is 0.251 e. The average molecular weight is 388 g/mol. The van der Waals surface area contributed by atoms with E-state index in [1.807, 2.05) is 38.1 Å². The predicted octanol–water partition coefficient (Wildman–Crippen LogP) is 3.43. The summed E-state index contributed by atoms with van der Waals surface area (Å²) in [6.07, 6.45) is 1.26. The Labute approximate surface area is 165 Å². The van der Waals surface area contributed by atoms with Crippen LogP contribution in [-0.4, -0.2) is 24.4 Å². The van der Waals surface area contributed by atoms with Crippen LogP contribution in [0, 0.1) is 5.92 Å². The number of nitrogens with one attached hydrogen (secondary N) is 2. The Hall–Kier alpha value is -2.53. The maximum Gasteiger partial charge on any atom is 0.251 e. The molecule has 0 heterocycles. The lowest BCUT2D eigenvalue weighted by molar-refractivity contribution is -0.123. The zero-order valence-electron chi connectivity index (χ0n) is 15.7. The first kappa shape index (κ1) is 20.8. The highest BCUT2D eigenvalue weighted by Crippen LogP contribution is 2.11. The SMILES string of the molecule is CC(C)CC(NC(=O)c1ccc(Cl)cc1)C(=O)NCCc1ccc(N)cc1. The summed E-state index contributed by atoms with van der Waals surface area (Å²) in [5, 5.41) is 6.30. The summed E-state index contributed by atoms with van der Waals surface area (Å²) in [6.45, 7) is 4.53. The second-order valence-corrected chi connectivity index (χ2v) is 7.38. The molecule has 1 atom stereocenters. The van der Waals surface area contributed by atoms with Crippen LogP contribution in [0.15, 0.2) is 48.5 Å². The third-order valence-corrected chi connectivity index (χ3v) is 4.38. The molecule has 2 aromatic carbocycles. The lowest BCUT2D eigenvalue weighted by atomic mass is 10.0. The summed E-state index contributed by atoms with van der Waals surface area (Å²) in [4.78, 5) is 25.0. The van der Waals surface area contributed by atoms with Gasteiger partial charge in [0.15, 0.2) is 0 Å². The van der Waals surface area contributed by atoms with Crippen LogP contribution in [0.3, 0.4) is 0 Å². The molecule has 0 saturated carbocycles. The quantitative estimate of drug-likeness (QED) is 0.607. The fourth-order valence-electron chi connectivity index (χ4n) is 2.68. The molecule has 6 heteroatoms.